The van der Waals surface area contributed by atoms with Gasteiger partial charge in [-0.05, 0) is 19.3 Å². The van der Waals surface area contributed by atoms with E-state index in [4.69, 9.17) is 5.26 Å². The van der Waals surface area contributed by atoms with Gasteiger partial charge in [0.05, 0.1) is 6.07 Å². The van der Waals surface area contributed by atoms with Gasteiger partial charge in [-0.3, -0.25) is 0 Å². The van der Waals surface area contributed by atoms with Crippen molar-refractivity contribution in [2.24, 2.45) is 0 Å². The molecule has 0 saturated carbocycles. The fourth-order valence-corrected chi connectivity index (χ4v) is 1.16. The van der Waals surface area contributed by atoms with Crippen LogP contribution in [-0.4, -0.2) is 6.54 Å². The minimum atomic E-state index is 1.04. The van der Waals surface area contributed by atoms with Crippen molar-refractivity contribution in [1.29, 1.82) is 5.26 Å². The molecule has 1 aliphatic heterocycles. The zero-order valence-corrected chi connectivity index (χ0v) is 6.06. The summed E-state index contributed by atoms with van der Waals surface area (Å²) in [6.45, 7) is 1.04. The van der Waals surface area contributed by atoms with E-state index in [1.54, 1.807) is 6.08 Å². The summed E-state index contributed by atoms with van der Waals surface area (Å²) in [6, 6.07) is 2.04. The number of rotatable bonds is 0. The fraction of sp³-hybridized carbons (Fsp3) is 0.625. The third-order valence-electron chi connectivity index (χ3n) is 1.71. The lowest BCUT2D eigenvalue weighted by Crippen LogP contribution is -2.11. The van der Waals surface area contributed by atoms with Crippen molar-refractivity contribution in [3.8, 4) is 6.07 Å². The van der Waals surface area contributed by atoms with Gasteiger partial charge in [-0.25, -0.2) is 0 Å². The molecule has 1 N–H and O–H groups in total. The Morgan fingerprint density at radius 2 is 2.30 bits per heavy atom. The smallest absolute Gasteiger partial charge is 0.0930 e. The van der Waals surface area contributed by atoms with Gasteiger partial charge in [0.25, 0.3) is 0 Å². The molecule has 0 atom stereocenters. The molecule has 10 heavy (non-hydrogen) atoms. The van der Waals surface area contributed by atoms with E-state index in [-0.39, 0.29) is 0 Å². The van der Waals surface area contributed by atoms with Crippen LogP contribution in [0.1, 0.15) is 25.7 Å². The van der Waals surface area contributed by atoms with Gasteiger partial charge in [-0.1, -0.05) is 6.42 Å². The Hall–Kier alpha value is -0.970. The Labute approximate surface area is 61.5 Å². The summed E-state index contributed by atoms with van der Waals surface area (Å²) in [7, 11) is 0. The molecule has 1 rings (SSSR count). The van der Waals surface area contributed by atoms with E-state index < -0.39 is 0 Å². The van der Waals surface area contributed by atoms with Crippen LogP contribution in [0.5, 0.6) is 0 Å². The summed E-state index contributed by atoms with van der Waals surface area (Å²) in [5.74, 6) is 0. The highest BCUT2D eigenvalue weighted by Gasteiger charge is 2.00. The Kier molecular flexibility index (Phi) is 2.82. The highest BCUT2D eigenvalue weighted by molar-refractivity contribution is 5.12. The number of nitrogens with zero attached hydrogens (tertiary/aromatic N) is 1. The topological polar surface area (TPSA) is 35.8 Å². The molecule has 1 saturated heterocycles. The molecular formula is C8H12N2. The largest absolute Gasteiger partial charge is 0.388 e. The van der Waals surface area contributed by atoms with Crippen molar-refractivity contribution < 1.29 is 0 Å². The van der Waals surface area contributed by atoms with Gasteiger partial charge in [-0.15, -0.1) is 0 Å². The van der Waals surface area contributed by atoms with Gasteiger partial charge in [0.15, 0.2) is 0 Å². The van der Waals surface area contributed by atoms with Crippen LogP contribution < -0.4 is 5.32 Å². The summed E-state index contributed by atoms with van der Waals surface area (Å²) in [6.07, 6.45) is 6.41. The first kappa shape index (κ1) is 7.14. The number of nitriles is 1. The molecule has 1 aliphatic rings. The Balaban J connectivity index is 2.44. The molecule has 0 radical (unpaired) electrons. The third kappa shape index (κ3) is 2.10. The van der Waals surface area contributed by atoms with Gasteiger partial charge < -0.3 is 5.32 Å². The second kappa shape index (κ2) is 3.94. The van der Waals surface area contributed by atoms with E-state index in [0.717, 1.165) is 18.7 Å². The predicted octanol–water partition coefficient (Wildman–Crippen LogP) is 1.56. The maximum atomic E-state index is 8.34. The Morgan fingerprint density at radius 3 is 3.10 bits per heavy atom. The summed E-state index contributed by atoms with van der Waals surface area (Å²) in [5.41, 5.74) is 1.11. The van der Waals surface area contributed by atoms with E-state index in [2.05, 4.69) is 5.32 Å². The van der Waals surface area contributed by atoms with E-state index in [9.17, 15) is 0 Å². The lowest BCUT2D eigenvalue weighted by atomic mass is 10.2. The molecule has 0 aromatic carbocycles. The highest BCUT2D eigenvalue weighted by Crippen LogP contribution is 2.09. The van der Waals surface area contributed by atoms with Crippen molar-refractivity contribution >= 4 is 0 Å². The van der Waals surface area contributed by atoms with Crippen molar-refractivity contribution in [3.05, 3.63) is 11.8 Å². The van der Waals surface area contributed by atoms with Crippen molar-refractivity contribution in [2.45, 2.75) is 25.7 Å². The maximum Gasteiger partial charge on any atom is 0.0930 e. The highest BCUT2D eigenvalue weighted by atomic mass is 14.9. The summed E-state index contributed by atoms with van der Waals surface area (Å²) in [4.78, 5) is 0. The lowest BCUT2D eigenvalue weighted by Gasteiger charge is -2.01. The molecule has 0 unspecified atom stereocenters. The zero-order chi connectivity index (χ0) is 7.23. The van der Waals surface area contributed by atoms with E-state index in [1.165, 1.54) is 19.3 Å². The van der Waals surface area contributed by atoms with Crippen LogP contribution in [-0.2, 0) is 0 Å². The van der Waals surface area contributed by atoms with Crippen LogP contribution in [0, 0.1) is 11.3 Å². The van der Waals surface area contributed by atoms with Crippen LogP contribution in [0.15, 0.2) is 11.8 Å². The first-order valence-corrected chi connectivity index (χ1v) is 3.76. The minimum absolute atomic E-state index is 1.04. The average molecular weight is 136 g/mol. The van der Waals surface area contributed by atoms with E-state index in [1.807, 2.05) is 6.07 Å². The van der Waals surface area contributed by atoms with Gasteiger partial charge in [0.2, 0.25) is 0 Å². The number of hydrogen-bond donors (Lipinski definition) is 1. The third-order valence-corrected chi connectivity index (χ3v) is 1.71. The van der Waals surface area contributed by atoms with Gasteiger partial charge >= 0.3 is 0 Å². The lowest BCUT2D eigenvalue weighted by molar-refractivity contribution is 0.721. The molecular weight excluding hydrogens is 124 g/mol. The molecule has 2 heteroatoms. The summed E-state index contributed by atoms with van der Waals surface area (Å²) < 4.78 is 0. The standard InChI is InChI=1S/C8H12N2/c9-6-5-8-4-2-1-3-7-10-8/h5,10H,1-4,7H2/b8-5-. The normalized spacial score (nSPS) is 22.9. The van der Waals surface area contributed by atoms with Crippen LogP contribution in [0.4, 0.5) is 0 Å². The average Bonchev–Trinajstić information content (AvgIpc) is 2.17. The second-order valence-electron chi connectivity index (χ2n) is 2.54. The van der Waals surface area contributed by atoms with Crippen LogP contribution in [0.25, 0.3) is 0 Å². The molecule has 54 valence electrons. The first-order valence-electron chi connectivity index (χ1n) is 3.76. The first-order chi connectivity index (χ1) is 4.93. The summed E-state index contributed by atoms with van der Waals surface area (Å²) >= 11 is 0. The quantitative estimate of drug-likeness (QED) is 0.513. The van der Waals surface area contributed by atoms with Crippen molar-refractivity contribution in [3.63, 3.8) is 0 Å². The molecule has 0 amide bonds. The maximum absolute atomic E-state index is 8.34. The monoisotopic (exact) mass is 136 g/mol. The Bertz CT molecular complexity index is 155. The molecule has 2 nitrogen and oxygen atoms in total. The molecule has 0 bridgehead atoms. The van der Waals surface area contributed by atoms with E-state index in [0.29, 0.717) is 0 Å². The van der Waals surface area contributed by atoms with Crippen molar-refractivity contribution in [2.75, 3.05) is 6.54 Å². The Morgan fingerprint density at radius 1 is 1.40 bits per heavy atom. The number of nitrogens with one attached hydrogen (secondary N) is 1. The van der Waals surface area contributed by atoms with Gasteiger partial charge in [0, 0.05) is 18.3 Å². The second-order valence-corrected chi connectivity index (χ2v) is 2.54. The molecule has 1 fully saturated rings. The number of allylic oxidation sites excluding steroid dienone is 2. The summed E-state index contributed by atoms with van der Waals surface area (Å²) in [5, 5.41) is 11.6. The van der Waals surface area contributed by atoms with E-state index >= 15 is 0 Å². The fourth-order valence-electron chi connectivity index (χ4n) is 1.16. The number of hydrogen-bond acceptors (Lipinski definition) is 2. The van der Waals surface area contributed by atoms with Crippen LogP contribution >= 0.6 is 0 Å². The molecule has 0 aromatic rings. The molecule has 0 spiro atoms. The van der Waals surface area contributed by atoms with Crippen molar-refractivity contribution in [1.82, 2.24) is 5.32 Å². The molecule has 1 heterocycles. The molecule has 0 aromatic heterocycles. The molecule has 0 aliphatic carbocycles. The zero-order valence-electron chi connectivity index (χ0n) is 6.06. The van der Waals surface area contributed by atoms with Gasteiger partial charge in [0.1, 0.15) is 0 Å². The van der Waals surface area contributed by atoms with Crippen LogP contribution in [0.3, 0.4) is 0 Å². The minimum Gasteiger partial charge on any atom is -0.388 e. The predicted molar refractivity (Wildman–Crippen MR) is 40.2 cm³/mol. The van der Waals surface area contributed by atoms with Gasteiger partial charge in [-0.2, -0.15) is 5.26 Å². The van der Waals surface area contributed by atoms with Crippen LogP contribution in [0.2, 0.25) is 0 Å². The SMILES string of the molecule is N#C/C=C1/CCCCCN1.